The maximum Gasteiger partial charge on any atom is 0.333 e. The molecule has 0 aromatic heterocycles. The molecule has 0 saturated heterocycles. The molecule has 1 atom stereocenters. The first-order chi connectivity index (χ1) is 11.1. The molecule has 120 valence electrons. The molecule has 0 fully saturated rings. The van der Waals surface area contributed by atoms with Gasteiger partial charge in [-0.1, -0.05) is 30.3 Å². The van der Waals surface area contributed by atoms with Crippen molar-refractivity contribution in [3.63, 3.8) is 0 Å². The van der Waals surface area contributed by atoms with Crippen LogP contribution in [-0.4, -0.2) is 25.0 Å². The molecule has 1 N–H and O–H groups in total. The Hall–Kier alpha value is -2.82. The first kappa shape index (κ1) is 16.5. The Morgan fingerprint density at radius 2 is 1.61 bits per heavy atom. The average Bonchev–Trinajstić information content (AvgIpc) is 2.56. The fourth-order valence-corrected chi connectivity index (χ4v) is 1.98. The van der Waals surface area contributed by atoms with E-state index in [1.54, 1.807) is 38.3 Å². The fraction of sp³-hybridized carbons (Fsp3) is 0.222. The number of carbonyl (C=O) groups is 2. The van der Waals surface area contributed by atoms with E-state index >= 15 is 0 Å². The van der Waals surface area contributed by atoms with Gasteiger partial charge in [0.15, 0.2) is 0 Å². The van der Waals surface area contributed by atoms with E-state index in [4.69, 9.17) is 9.47 Å². The second kappa shape index (κ2) is 7.98. The number of hydrogen-bond acceptors (Lipinski definition) is 4. The van der Waals surface area contributed by atoms with Crippen LogP contribution in [0.5, 0.6) is 11.5 Å². The van der Waals surface area contributed by atoms with Gasteiger partial charge in [0.25, 0.3) is 0 Å². The zero-order valence-electron chi connectivity index (χ0n) is 13.1. The summed E-state index contributed by atoms with van der Waals surface area (Å²) >= 11 is 0. The van der Waals surface area contributed by atoms with Gasteiger partial charge in [0, 0.05) is 0 Å². The van der Waals surface area contributed by atoms with Crippen molar-refractivity contribution in [2.75, 3.05) is 7.11 Å². The topological polar surface area (TPSA) is 64.6 Å². The molecule has 0 heterocycles. The van der Waals surface area contributed by atoms with Crippen LogP contribution in [0.15, 0.2) is 54.6 Å². The van der Waals surface area contributed by atoms with Gasteiger partial charge in [-0.2, -0.15) is 0 Å². The van der Waals surface area contributed by atoms with Gasteiger partial charge < -0.3 is 14.8 Å². The van der Waals surface area contributed by atoms with Crippen LogP contribution in [0.25, 0.3) is 0 Å². The van der Waals surface area contributed by atoms with E-state index in [0.29, 0.717) is 11.5 Å². The van der Waals surface area contributed by atoms with Crippen LogP contribution >= 0.6 is 0 Å². The summed E-state index contributed by atoms with van der Waals surface area (Å²) in [5, 5.41) is 2.63. The lowest BCUT2D eigenvalue weighted by Gasteiger charge is -2.13. The third kappa shape index (κ3) is 5.14. The Labute approximate surface area is 135 Å². The maximum atomic E-state index is 12.0. The van der Waals surface area contributed by atoms with Gasteiger partial charge in [0.2, 0.25) is 5.91 Å². The van der Waals surface area contributed by atoms with E-state index in [1.807, 2.05) is 30.3 Å². The molecule has 2 aromatic rings. The van der Waals surface area contributed by atoms with Crippen molar-refractivity contribution in [1.29, 1.82) is 0 Å². The number of methoxy groups -OCH3 is 1. The summed E-state index contributed by atoms with van der Waals surface area (Å²) in [5.74, 6) is 0.334. The highest BCUT2D eigenvalue weighted by Gasteiger charge is 2.18. The average molecular weight is 313 g/mol. The molecule has 23 heavy (non-hydrogen) atoms. The Morgan fingerprint density at radius 1 is 1.00 bits per heavy atom. The minimum Gasteiger partial charge on any atom is -0.497 e. The Balaban J connectivity index is 1.85. The standard InChI is InChI=1S/C18H19NO4/c1-13(19-17(20)12-14-6-4-3-5-7-14)18(21)23-16-10-8-15(22-2)9-11-16/h3-11,13H,12H2,1-2H3,(H,19,20)/t13-/m0/s1. The number of amides is 1. The minimum absolute atomic E-state index is 0.223. The quantitative estimate of drug-likeness (QED) is 0.657. The van der Waals surface area contributed by atoms with E-state index < -0.39 is 12.0 Å². The third-order valence-corrected chi connectivity index (χ3v) is 3.22. The van der Waals surface area contributed by atoms with Crippen molar-refractivity contribution < 1.29 is 19.1 Å². The van der Waals surface area contributed by atoms with E-state index in [2.05, 4.69) is 5.32 Å². The molecule has 0 unspecified atom stereocenters. The Bertz CT molecular complexity index is 652. The summed E-state index contributed by atoms with van der Waals surface area (Å²) in [6.45, 7) is 1.59. The van der Waals surface area contributed by atoms with Gasteiger partial charge in [-0.3, -0.25) is 4.79 Å². The summed E-state index contributed by atoms with van der Waals surface area (Å²) in [6.07, 6.45) is 0.223. The van der Waals surface area contributed by atoms with Crippen LogP contribution in [0.3, 0.4) is 0 Å². The van der Waals surface area contributed by atoms with Crippen LogP contribution in [0, 0.1) is 0 Å². The summed E-state index contributed by atoms with van der Waals surface area (Å²) in [4.78, 5) is 23.9. The van der Waals surface area contributed by atoms with Crippen molar-refractivity contribution in [2.24, 2.45) is 0 Å². The fourth-order valence-electron chi connectivity index (χ4n) is 1.98. The zero-order valence-corrected chi connectivity index (χ0v) is 13.1. The van der Waals surface area contributed by atoms with Crippen LogP contribution in [0.1, 0.15) is 12.5 Å². The van der Waals surface area contributed by atoms with Crippen LogP contribution < -0.4 is 14.8 Å². The van der Waals surface area contributed by atoms with Crippen molar-refractivity contribution in [2.45, 2.75) is 19.4 Å². The number of rotatable bonds is 6. The van der Waals surface area contributed by atoms with Crippen LogP contribution in [0.4, 0.5) is 0 Å². The molecule has 1 amide bonds. The molecule has 5 nitrogen and oxygen atoms in total. The second-order valence-corrected chi connectivity index (χ2v) is 5.05. The first-order valence-corrected chi connectivity index (χ1v) is 7.27. The number of ether oxygens (including phenoxy) is 2. The summed E-state index contributed by atoms with van der Waals surface area (Å²) < 4.78 is 10.3. The van der Waals surface area contributed by atoms with E-state index in [9.17, 15) is 9.59 Å². The molecule has 5 heteroatoms. The highest BCUT2D eigenvalue weighted by atomic mass is 16.5. The molecule has 0 aliphatic heterocycles. The maximum absolute atomic E-state index is 12.0. The lowest BCUT2D eigenvalue weighted by molar-refractivity contribution is -0.138. The van der Waals surface area contributed by atoms with Gasteiger partial charge in [-0.25, -0.2) is 4.79 Å². The number of nitrogens with one attached hydrogen (secondary N) is 1. The molecule has 2 rings (SSSR count). The largest absolute Gasteiger partial charge is 0.497 e. The second-order valence-electron chi connectivity index (χ2n) is 5.05. The normalized spacial score (nSPS) is 11.4. The monoisotopic (exact) mass is 313 g/mol. The van der Waals surface area contributed by atoms with Crippen molar-refractivity contribution in [3.05, 3.63) is 60.2 Å². The van der Waals surface area contributed by atoms with Gasteiger partial charge in [-0.15, -0.1) is 0 Å². The smallest absolute Gasteiger partial charge is 0.333 e. The summed E-state index contributed by atoms with van der Waals surface area (Å²) in [6, 6.07) is 15.3. The number of carbonyl (C=O) groups excluding carboxylic acids is 2. The highest BCUT2D eigenvalue weighted by molar-refractivity contribution is 5.86. The summed E-state index contributed by atoms with van der Waals surface area (Å²) in [5.41, 5.74) is 0.890. The minimum atomic E-state index is -0.728. The summed E-state index contributed by atoms with van der Waals surface area (Å²) in [7, 11) is 1.56. The van der Waals surface area contributed by atoms with Crippen LogP contribution in [-0.2, 0) is 16.0 Å². The van der Waals surface area contributed by atoms with E-state index in [1.165, 1.54) is 0 Å². The molecular formula is C18H19NO4. The first-order valence-electron chi connectivity index (χ1n) is 7.27. The molecule has 0 saturated carbocycles. The molecular weight excluding hydrogens is 294 g/mol. The number of esters is 1. The Morgan fingerprint density at radius 3 is 2.22 bits per heavy atom. The predicted octanol–water partition coefficient (Wildman–Crippen LogP) is 2.35. The predicted molar refractivity (Wildman–Crippen MR) is 86.4 cm³/mol. The zero-order chi connectivity index (χ0) is 16.7. The lowest BCUT2D eigenvalue weighted by atomic mass is 10.1. The SMILES string of the molecule is COc1ccc(OC(=O)[C@H](C)NC(=O)Cc2ccccc2)cc1. The van der Waals surface area contributed by atoms with E-state index in [0.717, 1.165) is 5.56 Å². The molecule has 0 radical (unpaired) electrons. The van der Waals surface area contributed by atoms with Gasteiger partial charge in [-0.05, 0) is 36.8 Å². The number of hydrogen-bond donors (Lipinski definition) is 1. The molecule has 2 aromatic carbocycles. The van der Waals surface area contributed by atoms with E-state index in [-0.39, 0.29) is 12.3 Å². The molecule has 0 spiro atoms. The van der Waals surface area contributed by atoms with Crippen molar-refractivity contribution in [1.82, 2.24) is 5.32 Å². The lowest BCUT2D eigenvalue weighted by Crippen LogP contribution is -2.41. The highest BCUT2D eigenvalue weighted by Crippen LogP contribution is 2.17. The number of benzene rings is 2. The van der Waals surface area contributed by atoms with Crippen molar-refractivity contribution in [3.8, 4) is 11.5 Å². The van der Waals surface area contributed by atoms with Gasteiger partial charge in [0.1, 0.15) is 17.5 Å². The van der Waals surface area contributed by atoms with Gasteiger partial charge in [0.05, 0.1) is 13.5 Å². The molecule has 0 bridgehead atoms. The third-order valence-electron chi connectivity index (χ3n) is 3.22. The van der Waals surface area contributed by atoms with Crippen molar-refractivity contribution >= 4 is 11.9 Å². The molecule has 0 aliphatic rings. The van der Waals surface area contributed by atoms with Gasteiger partial charge >= 0.3 is 5.97 Å². The van der Waals surface area contributed by atoms with Crippen LogP contribution in [0.2, 0.25) is 0 Å². The molecule has 0 aliphatic carbocycles. The Kier molecular flexibility index (Phi) is 5.74.